The predicted octanol–water partition coefficient (Wildman–Crippen LogP) is 1.97. The first kappa shape index (κ1) is 12.8. The quantitative estimate of drug-likeness (QED) is 0.865. The van der Waals surface area contributed by atoms with Crippen LogP contribution in [0.1, 0.15) is 42.2 Å². The fraction of sp³-hybridized carbons (Fsp3) is 0.429. The summed E-state index contributed by atoms with van der Waals surface area (Å²) in [6.07, 6.45) is 0.600. The molecule has 2 aliphatic rings. The highest BCUT2D eigenvalue weighted by atomic mass is 16.5. The van der Waals surface area contributed by atoms with Crippen molar-refractivity contribution in [2.45, 2.75) is 32.0 Å². The number of fused-ring (bicyclic) bond motifs is 4. The molecule has 0 aliphatic carbocycles. The molecule has 1 saturated heterocycles. The van der Waals surface area contributed by atoms with Crippen LogP contribution < -0.4 is 10.1 Å². The van der Waals surface area contributed by atoms with Gasteiger partial charge in [-0.1, -0.05) is 0 Å². The first-order chi connectivity index (χ1) is 9.44. The van der Waals surface area contributed by atoms with Crippen LogP contribution in [0.5, 0.6) is 5.75 Å². The molecule has 2 N–H and O–H groups in total. The first-order valence-corrected chi connectivity index (χ1v) is 6.59. The maximum Gasteiger partial charge on any atom is 0.335 e. The van der Waals surface area contributed by atoms with Crippen molar-refractivity contribution >= 4 is 12.0 Å². The minimum atomic E-state index is -0.988. The van der Waals surface area contributed by atoms with Gasteiger partial charge in [0.05, 0.1) is 11.6 Å². The van der Waals surface area contributed by atoms with Gasteiger partial charge < -0.3 is 15.2 Å². The van der Waals surface area contributed by atoms with Crippen LogP contribution >= 0.6 is 0 Å². The van der Waals surface area contributed by atoms with E-state index in [1.165, 1.54) is 6.07 Å². The third kappa shape index (κ3) is 1.71. The molecule has 3 rings (SSSR count). The van der Waals surface area contributed by atoms with Gasteiger partial charge in [-0.2, -0.15) is 0 Å². The Morgan fingerprint density at radius 3 is 3.00 bits per heavy atom. The smallest absolute Gasteiger partial charge is 0.335 e. The maximum absolute atomic E-state index is 12.1. The highest BCUT2D eigenvalue weighted by molar-refractivity contribution is 5.88. The Balaban J connectivity index is 2.07. The van der Waals surface area contributed by atoms with Crippen LogP contribution in [-0.4, -0.2) is 34.3 Å². The monoisotopic (exact) mass is 276 g/mol. The Hall–Kier alpha value is -2.24. The minimum Gasteiger partial charge on any atom is -0.478 e. The van der Waals surface area contributed by atoms with Crippen molar-refractivity contribution in [1.82, 2.24) is 10.2 Å². The Bertz CT molecular complexity index is 601. The Kier molecular flexibility index (Phi) is 2.64. The molecule has 2 atom stereocenters. The number of nitrogens with one attached hydrogen (secondary N) is 1. The molecular formula is C14H16N2O4. The van der Waals surface area contributed by atoms with Gasteiger partial charge in [0.1, 0.15) is 5.75 Å². The van der Waals surface area contributed by atoms with Crippen molar-refractivity contribution in [3.05, 3.63) is 29.3 Å². The molecule has 20 heavy (non-hydrogen) atoms. The highest BCUT2D eigenvalue weighted by Gasteiger charge is 2.48. The molecule has 6 nitrogen and oxygen atoms in total. The lowest BCUT2D eigenvalue weighted by Gasteiger charge is -2.50. The Morgan fingerprint density at radius 2 is 2.35 bits per heavy atom. The average molecular weight is 276 g/mol. The first-order valence-electron chi connectivity index (χ1n) is 6.59. The number of rotatable bonds is 2. The number of urea groups is 1. The standard InChI is InChI=1S/C14H16N2O4/c1-3-16-13(19)15-10-7-14(16,2)20-11-5-4-8(12(17)18)6-9(10)11/h4-6,10H,3,7H2,1-2H3,(H,15,19)(H,17,18)/t10-,14+/m0/s1. The van der Waals surface area contributed by atoms with E-state index in [4.69, 9.17) is 9.84 Å². The molecule has 0 saturated carbocycles. The molecule has 0 aromatic heterocycles. The normalized spacial score (nSPS) is 27.4. The van der Waals surface area contributed by atoms with Crippen molar-refractivity contribution in [3.8, 4) is 5.75 Å². The van der Waals surface area contributed by atoms with Gasteiger partial charge >= 0.3 is 12.0 Å². The number of nitrogens with zero attached hydrogens (tertiary/aromatic N) is 1. The third-order valence-electron chi connectivity index (χ3n) is 3.97. The minimum absolute atomic E-state index is 0.183. The van der Waals surface area contributed by atoms with Crippen LogP contribution in [0.15, 0.2) is 18.2 Å². The highest BCUT2D eigenvalue weighted by Crippen LogP contribution is 2.44. The number of carboxylic acid groups (broad SMARTS) is 1. The van der Waals surface area contributed by atoms with E-state index < -0.39 is 11.7 Å². The van der Waals surface area contributed by atoms with Gasteiger partial charge in [0.2, 0.25) is 0 Å². The maximum atomic E-state index is 12.1. The van der Waals surface area contributed by atoms with Crippen LogP contribution in [0.25, 0.3) is 0 Å². The number of carboxylic acids is 1. The SMILES string of the molecule is CCN1C(=O)N[C@H]2C[C@@]1(C)Oc1ccc(C(=O)O)cc12. The number of carbonyl (C=O) groups excluding carboxylic acids is 1. The van der Waals surface area contributed by atoms with Crippen LogP contribution in [0.4, 0.5) is 4.79 Å². The molecule has 2 bridgehead atoms. The predicted molar refractivity (Wildman–Crippen MR) is 70.7 cm³/mol. The van der Waals surface area contributed by atoms with Gasteiger partial charge in [0, 0.05) is 18.5 Å². The summed E-state index contributed by atoms with van der Waals surface area (Å²) in [5.74, 6) is -0.356. The molecule has 6 heteroatoms. The van der Waals surface area contributed by atoms with E-state index >= 15 is 0 Å². The lowest BCUT2D eigenvalue weighted by atomic mass is 9.89. The molecular weight excluding hydrogens is 260 g/mol. The van der Waals surface area contributed by atoms with E-state index in [9.17, 15) is 9.59 Å². The number of ether oxygens (including phenoxy) is 1. The van der Waals surface area contributed by atoms with Gasteiger partial charge in [-0.05, 0) is 32.0 Å². The second-order valence-corrected chi connectivity index (χ2v) is 5.29. The zero-order chi connectivity index (χ0) is 14.5. The number of hydrogen-bond donors (Lipinski definition) is 2. The van der Waals surface area contributed by atoms with Crippen LogP contribution in [0.2, 0.25) is 0 Å². The van der Waals surface area contributed by atoms with E-state index in [2.05, 4.69) is 5.32 Å². The fourth-order valence-electron chi connectivity index (χ4n) is 3.03. The summed E-state index contributed by atoms with van der Waals surface area (Å²) in [7, 11) is 0. The van der Waals surface area contributed by atoms with Gasteiger partial charge in [-0.25, -0.2) is 9.59 Å². The number of benzene rings is 1. The summed E-state index contributed by atoms with van der Waals surface area (Å²) in [5.41, 5.74) is 0.244. The summed E-state index contributed by atoms with van der Waals surface area (Å²) in [6, 6.07) is 4.36. The average Bonchev–Trinajstić information content (AvgIpc) is 2.37. The molecule has 0 unspecified atom stereocenters. The van der Waals surface area contributed by atoms with Gasteiger partial charge in [0.15, 0.2) is 5.72 Å². The largest absolute Gasteiger partial charge is 0.478 e. The van der Waals surface area contributed by atoms with Crippen LogP contribution in [-0.2, 0) is 0 Å². The molecule has 1 fully saturated rings. The van der Waals surface area contributed by atoms with E-state index in [1.807, 2.05) is 13.8 Å². The lowest BCUT2D eigenvalue weighted by molar-refractivity contribution is -0.0815. The number of carbonyl (C=O) groups is 2. The summed E-state index contributed by atoms with van der Waals surface area (Å²) < 4.78 is 5.97. The van der Waals surface area contributed by atoms with Crippen molar-refractivity contribution in [3.63, 3.8) is 0 Å². The summed E-state index contributed by atoms with van der Waals surface area (Å²) in [6.45, 7) is 4.34. The summed E-state index contributed by atoms with van der Waals surface area (Å²) in [4.78, 5) is 24.8. The van der Waals surface area contributed by atoms with Crippen molar-refractivity contribution in [2.24, 2.45) is 0 Å². The third-order valence-corrected chi connectivity index (χ3v) is 3.97. The van der Waals surface area contributed by atoms with Crippen LogP contribution in [0.3, 0.4) is 0 Å². The van der Waals surface area contributed by atoms with E-state index in [0.717, 1.165) is 5.56 Å². The molecule has 1 aromatic carbocycles. The molecule has 0 radical (unpaired) electrons. The zero-order valence-electron chi connectivity index (χ0n) is 11.3. The molecule has 1 aromatic rings. The van der Waals surface area contributed by atoms with E-state index in [0.29, 0.717) is 18.7 Å². The second kappa shape index (κ2) is 4.13. The number of amides is 2. The number of aromatic carboxylic acids is 1. The van der Waals surface area contributed by atoms with Gasteiger partial charge in [0.25, 0.3) is 0 Å². The summed E-state index contributed by atoms with van der Waals surface area (Å²) in [5, 5.41) is 12.0. The number of hydrogen-bond acceptors (Lipinski definition) is 3. The van der Waals surface area contributed by atoms with E-state index in [-0.39, 0.29) is 17.6 Å². The zero-order valence-corrected chi connectivity index (χ0v) is 11.3. The van der Waals surface area contributed by atoms with Gasteiger partial charge in [-0.3, -0.25) is 4.90 Å². The van der Waals surface area contributed by atoms with Crippen molar-refractivity contribution in [1.29, 1.82) is 0 Å². The lowest BCUT2D eigenvalue weighted by Crippen LogP contribution is -2.64. The van der Waals surface area contributed by atoms with Crippen molar-refractivity contribution < 1.29 is 19.4 Å². The summed E-state index contributed by atoms with van der Waals surface area (Å²) >= 11 is 0. The molecule has 0 spiro atoms. The van der Waals surface area contributed by atoms with Crippen molar-refractivity contribution in [2.75, 3.05) is 6.54 Å². The Morgan fingerprint density at radius 1 is 1.60 bits per heavy atom. The molecule has 2 amide bonds. The second-order valence-electron chi connectivity index (χ2n) is 5.29. The van der Waals surface area contributed by atoms with Crippen LogP contribution in [0, 0.1) is 0 Å². The van der Waals surface area contributed by atoms with Gasteiger partial charge in [-0.15, -0.1) is 0 Å². The topological polar surface area (TPSA) is 78.9 Å². The molecule has 106 valence electrons. The fourth-order valence-corrected chi connectivity index (χ4v) is 3.03. The van der Waals surface area contributed by atoms with E-state index in [1.54, 1.807) is 17.0 Å². The Labute approximate surface area is 116 Å². The molecule has 2 aliphatic heterocycles. The molecule has 2 heterocycles.